The zero-order chi connectivity index (χ0) is 11.3. The molecule has 82 valence electrons. The van der Waals surface area contributed by atoms with Gasteiger partial charge in [0.15, 0.2) is 0 Å². The molecule has 1 heterocycles. The Labute approximate surface area is 89.9 Å². The highest BCUT2D eigenvalue weighted by atomic mass is 16.2. The number of rotatable bonds is 4. The SMILES string of the molecule is CC[C@H](N)C(=O)N[C@H](C)c1ccncc1. The number of hydrogen-bond acceptors (Lipinski definition) is 3. The van der Waals surface area contributed by atoms with Gasteiger partial charge in [-0.2, -0.15) is 0 Å². The number of hydrogen-bond donors (Lipinski definition) is 2. The Hall–Kier alpha value is -1.42. The van der Waals surface area contributed by atoms with Gasteiger partial charge in [0.05, 0.1) is 12.1 Å². The summed E-state index contributed by atoms with van der Waals surface area (Å²) >= 11 is 0. The molecule has 2 atom stereocenters. The minimum absolute atomic E-state index is 0.0295. The molecule has 0 saturated heterocycles. The van der Waals surface area contributed by atoms with Crippen LogP contribution in [0.1, 0.15) is 31.9 Å². The number of pyridine rings is 1. The molecule has 0 fully saturated rings. The van der Waals surface area contributed by atoms with Crippen molar-refractivity contribution in [3.8, 4) is 0 Å². The van der Waals surface area contributed by atoms with E-state index in [9.17, 15) is 4.79 Å². The van der Waals surface area contributed by atoms with Crippen LogP contribution in [0.15, 0.2) is 24.5 Å². The van der Waals surface area contributed by atoms with Gasteiger partial charge in [0, 0.05) is 12.4 Å². The Morgan fingerprint density at radius 2 is 2.13 bits per heavy atom. The number of nitrogens with zero attached hydrogens (tertiary/aromatic N) is 1. The van der Waals surface area contributed by atoms with Crippen molar-refractivity contribution in [1.29, 1.82) is 0 Å². The molecule has 4 nitrogen and oxygen atoms in total. The van der Waals surface area contributed by atoms with Crippen LogP contribution in [0.25, 0.3) is 0 Å². The number of amides is 1. The lowest BCUT2D eigenvalue weighted by molar-refractivity contribution is -0.123. The van der Waals surface area contributed by atoms with E-state index in [4.69, 9.17) is 5.73 Å². The zero-order valence-electron chi connectivity index (χ0n) is 9.10. The van der Waals surface area contributed by atoms with Crippen molar-refractivity contribution in [2.45, 2.75) is 32.4 Å². The molecule has 0 aromatic carbocycles. The monoisotopic (exact) mass is 207 g/mol. The summed E-state index contributed by atoms with van der Waals surface area (Å²) < 4.78 is 0. The van der Waals surface area contributed by atoms with Crippen LogP contribution in [-0.2, 0) is 4.79 Å². The van der Waals surface area contributed by atoms with Gasteiger partial charge >= 0.3 is 0 Å². The first-order chi connectivity index (χ1) is 7.15. The van der Waals surface area contributed by atoms with Crippen LogP contribution >= 0.6 is 0 Å². The van der Waals surface area contributed by atoms with E-state index >= 15 is 0 Å². The van der Waals surface area contributed by atoms with Crippen molar-refractivity contribution in [2.75, 3.05) is 0 Å². The molecular formula is C11H17N3O. The van der Waals surface area contributed by atoms with Crippen molar-refractivity contribution in [2.24, 2.45) is 5.73 Å². The molecule has 1 rings (SSSR count). The topological polar surface area (TPSA) is 68.0 Å². The van der Waals surface area contributed by atoms with Crippen molar-refractivity contribution in [3.05, 3.63) is 30.1 Å². The Kier molecular flexibility index (Phi) is 4.24. The second kappa shape index (κ2) is 5.46. The summed E-state index contributed by atoms with van der Waals surface area (Å²) in [5, 5.41) is 2.86. The molecule has 0 radical (unpaired) electrons. The first kappa shape index (κ1) is 11.7. The van der Waals surface area contributed by atoms with Crippen LogP contribution in [0.5, 0.6) is 0 Å². The number of carbonyl (C=O) groups is 1. The lowest BCUT2D eigenvalue weighted by Crippen LogP contribution is -2.41. The van der Waals surface area contributed by atoms with Crippen LogP contribution in [0, 0.1) is 0 Å². The number of carbonyl (C=O) groups excluding carboxylic acids is 1. The van der Waals surface area contributed by atoms with E-state index in [0.29, 0.717) is 6.42 Å². The predicted molar refractivity (Wildman–Crippen MR) is 59.1 cm³/mol. The maximum absolute atomic E-state index is 11.5. The van der Waals surface area contributed by atoms with Gasteiger partial charge in [-0.25, -0.2) is 0 Å². The van der Waals surface area contributed by atoms with Gasteiger partial charge in [-0.05, 0) is 31.0 Å². The highest BCUT2D eigenvalue weighted by Crippen LogP contribution is 2.10. The smallest absolute Gasteiger partial charge is 0.237 e. The van der Waals surface area contributed by atoms with E-state index in [0.717, 1.165) is 5.56 Å². The minimum Gasteiger partial charge on any atom is -0.348 e. The fourth-order valence-electron chi connectivity index (χ4n) is 1.24. The van der Waals surface area contributed by atoms with Gasteiger partial charge in [0.2, 0.25) is 5.91 Å². The standard InChI is InChI=1S/C11H17N3O/c1-3-10(12)11(15)14-8(2)9-4-6-13-7-5-9/h4-8,10H,3,12H2,1-2H3,(H,14,15)/t8-,10+/m1/s1. The summed E-state index contributed by atoms with van der Waals surface area (Å²) in [5.74, 6) is -0.109. The molecule has 0 aliphatic carbocycles. The molecule has 0 aliphatic rings. The molecule has 1 aromatic heterocycles. The zero-order valence-corrected chi connectivity index (χ0v) is 9.10. The average molecular weight is 207 g/mol. The largest absolute Gasteiger partial charge is 0.348 e. The van der Waals surface area contributed by atoms with Gasteiger partial charge in [-0.1, -0.05) is 6.92 Å². The molecule has 1 amide bonds. The first-order valence-electron chi connectivity index (χ1n) is 5.11. The van der Waals surface area contributed by atoms with Crippen molar-refractivity contribution >= 4 is 5.91 Å². The van der Waals surface area contributed by atoms with E-state index in [1.165, 1.54) is 0 Å². The van der Waals surface area contributed by atoms with E-state index in [-0.39, 0.29) is 11.9 Å². The van der Waals surface area contributed by atoms with E-state index in [1.54, 1.807) is 12.4 Å². The van der Waals surface area contributed by atoms with E-state index in [1.807, 2.05) is 26.0 Å². The van der Waals surface area contributed by atoms with Gasteiger partial charge in [-0.15, -0.1) is 0 Å². The number of nitrogens with one attached hydrogen (secondary N) is 1. The maximum Gasteiger partial charge on any atom is 0.237 e. The van der Waals surface area contributed by atoms with Crippen LogP contribution in [0.3, 0.4) is 0 Å². The molecule has 3 N–H and O–H groups in total. The van der Waals surface area contributed by atoms with Crippen molar-refractivity contribution in [1.82, 2.24) is 10.3 Å². The third-order valence-corrected chi connectivity index (χ3v) is 2.34. The number of aromatic nitrogens is 1. The van der Waals surface area contributed by atoms with Gasteiger partial charge < -0.3 is 11.1 Å². The maximum atomic E-state index is 11.5. The minimum atomic E-state index is -0.422. The van der Waals surface area contributed by atoms with Crippen LogP contribution in [0.2, 0.25) is 0 Å². The third-order valence-electron chi connectivity index (χ3n) is 2.34. The Bertz CT molecular complexity index is 313. The first-order valence-corrected chi connectivity index (χ1v) is 5.11. The van der Waals surface area contributed by atoms with Crippen LogP contribution in [0.4, 0.5) is 0 Å². The lowest BCUT2D eigenvalue weighted by Gasteiger charge is -2.16. The summed E-state index contributed by atoms with van der Waals surface area (Å²) in [7, 11) is 0. The molecule has 0 spiro atoms. The summed E-state index contributed by atoms with van der Waals surface area (Å²) in [6, 6.07) is 3.30. The molecule has 4 heteroatoms. The third kappa shape index (κ3) is 3.32. The molecule has 0 aliphatic heterocycles. The highest BCUT2D eigenvalue weighted by molar-refractivity contribution is 5.81. The van der Waals surface area contributed by atoms with Gasteiger partial charge in [0.25, 0.3) is 0 Å². The Balaban J connectivity index is 2.56. The summed E-state index contributed by atoms with van der Waals surface area (Å²) in [6.45, 7) is 3.82. The summed E-state index contributed by atoms with van der Waals surface area (Å²) in [6.07, 6.45) is 4.06. The fraction of sp³-hybridized carbons (Fsp3) is 0.455. The highest BCUT2D eigenvalue weighted by Gasteiger charge is 2.14. The normalized spacial score (nSPS) is 14.3. The average Bonchev–Trinajstić information content (AvgIpc) is 2.29. The Morgan fingerprint density at radius 3 is 2.67 bits per heavy atom. The molecule has 0 bridgehead atoms. The number of nitrogens with two attached hydrogens (primary N) is 1. The Morgan fingerprint density at radius 1 is 1.53 bits per heavy atom. The van der Waals surface area contributed by atoms with Crippen molar-refractivity contribution in [3.63, 3.8) is 0 Å². The van der Waals surface area contributed by atoms with Crippen molar-refractivity contribution < 1.29 is 4.79 Å². The molecule has 0 unspecified atom stereocenters. The van der Waals surface area contributed by atoms with Gasteiger partial charge in [0.1, 0.15) is 0 Å². The summed E-state index contributed by atoms with van der Waals surface area (Å²) in [5.41, 5.74) is 6.65. The second-order valence-corrected chi connectivity index (χ2v) is 3.53. The molecular weight excluding hydrogens is 190 g/mol. The molecule has 15 heavy (non-hydrogen) atoms. The van der Waals surface area contributed by atoms with E-state index in [2.05, 4.69) is 10.3 Å². The molecule has 0 saturated carbocycles. The summed E-state index contributed by atoms with van der Waals surface area (Å²) in [4.78, 5) is 15.4. The van der Waals surface area contributed by atoms with Gasteiger partial charge in [-0.3, -0.25) is 9.78 Å². The van der Waals surface area contributed by atoms with E-state index < -0.39 is 6.04 Å². The second-order valence-electron chi connectivity index (χ2n) is 3.53. The van der Waals surface area contributed by atoms with Crippen LogP contribution in [-0.4, -0.2) is 16.9 Å². The van der Waals surface area contributed by atoms with Crippen LogP contribution < -0.4 is 11.1 Å². The quantitative estimate of drug-likeness (QED) is 0.773. The predicted octanol–water partition coefficient (Wildman–Crippen LogP) is 0.996. The lowest BCUT2D eigenvalue weighted by atomic mass is 10.1. The molecule has 1 aromatic rings. The fourth-order valence-corrected chi connectivity index (χ4v) is 1.24.